The average molecular weight is 566 g/mol. The van der Waals surface area contributed by atoms with E-state index in [2.05, 4.69) is 48.4 Å². The molecule has 0 aliphatic heterocycles. The van der Waals surface area contributed by atoms with E-state index in [1.165, 1.54) is 12.1 Å². The molecule has 3 aromatic rings. The first-order valence-corrected chi connectivity index (χ1v) is 10.8. The van der Waals surface area contributed by atoms with E-state index in [0.29, 0.717) is 18.1 Å². The van der Waals surface area contributed by atoms with Crippen LogP contribution in [0.25, 0.3) is 0 Å². The summed E-state index contributed by atoms with van der Waals surface area (Å²) in [5, 5.41) is 17.5. The molecule has 0 amide bonds. The minimum Gasteiger partial charge on any atom is -0.490 e. The van der Waals surface area contributed by atoms with Crippen molar-refractivity contribution >= 4 is 46.3 Å². The van der Waals surface area contributed by atoms with E-state index >= 15 is 0 Å². The molecule has 0 fully saturated rings. The van der Waals surface area contributed by atoms with Crippen LogP contribution in [0.4, 0.5) is 21.8 Å². The molecule has 33 heavy (non-hydrogen) atoms. The van der Waals surface area contributed by atoms with Crippen molar-refractivity contribution in [3.05, 3.63) is 73.2 Å². The Morgan fingerprint density at radius 3 is 2.70 bits per heavy atom. The first kappa shape index (κ1) is 24.1. The number of ether oxygens (including phenoxy) is 2. The quantitative estimate of drug-likeness (QED) is 0.158. The molecular formula is C21H20FIN6O4. The largest absolute Gasteiger partial charge is 0.490 e. The van der Waals surface area contributed by atoms with Gasteiger partial charge in [0.1, 0.15) is 6.61 Å². The van der Waals surface area contributed by atoms with Crippen molar-refractivity contribution < 1.29 is 18.8 Å². The maximum absolute atomic E-state index is 13.5. The van der Waals surface area contributed by atoms with Crippen LogP contribution in [0.3, 0.4) is 0 Å². The molecule has 0 saturated carbocycles. The third-order valence-electron chi connectivity index (χ3n) is 4.22. The van der Waals surface area contributed by atoms with Crippen molar-refractivity contribution in [3.63, 3.8) is 0 Å². The van der Waals surface area contributed by atoms with Crippen molar-refractivity contribution in [2.75, 3.05) is 24.4 Å². The van der Waals surface area contributed by atoms with E-state index in [9.17, 15) is 14.5 Å². The van der Waals surface area contributed by atoms with Crippen LogP contribution in [0, 0.1) is 19.5 Å². The maximum atomic E-state index is 13.5. The van der Waals surface area contributed by atoms with Gasteiger partial charge in [-0.25, -0.2) is 14.8 Å². The van der Waals surface area contributed by atoms with Gasteiger partial charge >= 0.3 is 0 Å². The van der Waals surface area contributed by atoms with Gasteiger partial charge in [-0.3, -0.25) is 10.1 Å². The van der Waals surface area contributed by atoms with E-state index in [1.807, 2.05) is 13.0 Å². The van der Waals surface area contributed by atoms with Crippen LogP contribution in [0.1, 0.15) is 18.1 Å². The number of hydrogen-bond acceptors (Lipinski definition) is 9. The third-order valence-corrected chi connectivity index (χ3v) is 5.02. The second-order valence-electron chi connectivity index (χ2n) is 6.49. The molecular weight excluding hydrogens is 546 g/mol. The number of hydrazone groups is 1. The zero-order valence-electron chi connectivity index (χ0n) is 17.7. The molecule has 10 nitrogen and oxygen atoms in total. The Morgan fingerprint density at radius 2 is 2.03 bits per heavy atom. The van der Waals surface area contributed by atoms with E-state index in [1.54, 1.807) is 31.5 Å². The lowest BCUT2D eigenvalue weighted by molar-refractivity contribution is -0.384. The predicted octanol–water partition coefficient (Wildman–Crippen LogP) is 4.59. The van der Waals surface area contributed by atoms with Crippen LogP contribution in [0.5, 0.6) is 11.5 Å². The van der Waals surface area contributed by atoms with Gasteiger partial charge in [0.15, 0.2) is 23.1 Å². The van der Waals surface area contributed by atoms with E-state index < -0.39 is 10.7 Å². The first-order valence-electron chi connectivity index (χ1n) is 9.73. The summed E-state index contributed by atoms with van der Waals surface area (Å²) in [6, 6.07) is 9.79. The van der Waals surface area contributed by atoms with Gasteiger partial charge in [-0.1, -0.05) is 0 Å². The molecule has 2 aromatic carbocycles. The van der Waals surface area contributed by atoms with Gasteiger partial charge in [0, 0.05) is 19.2 Å². The number of aromatic nitrogens is 2. The van der Waals surface area contributed by atoms with Crippen LogP contribution in [-0.4, -0.2) is 34.8 Å². The van der Waals surface area contributed by atoms with Crippen molar-refractivity contribution in [2.45, 2.75) is 13.5 Å². The van der Waals surface area contributed by atoms with Gasteiger partial charge in [-0.2, -0.15) is 10.1 Å². The maximum Gasteiger partial charge on any atom is 0.269 e. The summed E-state index contributed by atoms with van der Waals surface area (Å²) >= 11 is 2.13. The summed E-state index contributed by atoms with van der Waals surface area (Å²) in [5.41, 5.74) is 4.20. The topological polar surface area (TPSA) is 124 Å². The second-order valence-corrected chi connectivity index (χ2v) is 7.65. The molecule has 0 spiro atoms. The smallest absolute Gasteiger partial charge is 0.269 e. The van der Waals surface area contributed by atoms with Crippen LogP contribution in [0.15, 0.2) is 47.7 Å². The second kappa shape index (κ2) is 11.4. The Bertz CT molecular complexity index is 1160. The lowest BCUT2D eigenvalue weighted by Crippen LogP contribution is -2.04. The number of nitro benzene ring substituents is 1. The Labute approximate surface area is 202 Å². The molecule has 172 valence electrons. The Morgan fingerprint density at radius 1 is 1.27 bits per heavy atom. The molecule has 0 aliphatic carbocycles. The van der Waals surface area contributed by atoms with Gasteiger partial charge in [0.05, 0.1) is 27.5 Å². The summed E-state index contributed by atoms with van der Waals surface area (Å²) < 4.78 is 25.9. The van der Waals surface area contributed by atoms with Gasteiger partial charge in [0.25, 0.3) is 5.69 Å². The van der Waals surface area contributed by atoms with E-state index in [0.717, 1.165) is 20.9 Å². The number of halogens is 2. The highest BCUT2D eigenvalue weighted by atomic mass is 127. The zero-order chi connectivity index (χ0) is 23.8. The molecule has 0 bridgehead atoms. The summed E-state index contributed by atoms with van der Waals surface area (Å²) in [4.78, 5) is 18.1. The van der Waals surface area contributed by atoms with Crippen LogP contribution in [-0.2, 0) is 6.61 Å². The highest BCUT2D eigenvalue weighted by Gasteiger charge is 2.13. The number of rotatable bonds is 10. The minimum atomic E-state index is -0.563. The lowest BCUT2D eigenvalue weighted by atomic mass is 10.2. The molecule has 0 saturated heterocycles. The van der Waals surface area contributed by atoms with Crippen LogP contribution in [0.2, 0.25) is 0 Å². The summed E-state index contributed by atoms with van der Waals surface area (Å²) in [6.45, 7) is 2.51. The SMILES string of the molecule is CCOc1cc(/C=N/Nc2ncc(F)c(NC)n2)cc(I)c1OCc1ccc([N+](=O)[O-])cc1. The number of nitro groups is 1. The van der Waals surface area contributed by atoms with Crippen molar-refractivity contribution in [1.29, 1.82) is 0 Å². The monoisotopic (exact) mass is 566 g/mol. The minimum absolute atomic E-state index is 0.0220. The average Bonchev–Trinajstić information content (AvgIpc) is 2.80. The molecule has 3 rings (SSSR count). The normalized spacial score (nSPS) is 10.8. The van der Waals surface area contributed by atoms with Gasteiger partial charge < -0.3 is 14.8 Å². The molecule has 0 aliphatic rings. The third kappa shape index (κ3) is 6.47. The first-order chi connectivity index (χ1) is 15.9. The van der Waals surface area contributed by atoms with Gasteiger partial charge in [-0.15, -0.1) is 0 Å². The molecule has 1 aromatic heterocycles. The number of benzene rings is 2. The number of hydrogen-bond donors (Lipinski definition) is 2. The number of non-ortho nitro benzene ring substituents is 1. The Balaban J connectivity index is 1.73. The highest BCUT2D eigenvalue weighted by molar-refractivity contribution is 14.1. The fourth-order valence-electron chi connectivity index (χ4n) is 2.70. The molecule has 0 atom stereocenters. The number of nitrogens with zero attached hydrogens (tertiary/aromatic N) is 4. The summed E-state index contributed by atoms with van der Waals surface area (Å²) in [7, 11) is 1.56. The molecule has 0 unspecified atom stereocenters. The Hall–Kier alpha value is -3.55. The fourth-order valence-corrected chi connectivity index (χ4v) is 3.48. The van der Waals surface area contributed by atoms with E-state index in [-0.39, 0.29) is 24.1 Å². The summed E-state index contributed by atoms with van der Waals surface area (Å²) in [6.07, 6.45) is 2.60. The van der Waals surface area contributed by atoms with Gasteiger partial charge in [0.2, 0.25) is 5.95 Å². The van der Waals surface area contributed by atoms with Gasteiger partial charge in [-0.05, 0) is 64.9 Å². The summed E-state index contributed by atoms with van der Waals surface area (Å²) in [5.74, 6) is 0.724. The van der Waals surface area contributed by atoms with Crippen molar-refractivity contribution in [3.8, 4) is 11.5 Å². The number of nitrogens with one attached hydrogen (secondary N) is 2. The lowest BCUT2D eigenvalue weighted by Gasteiger charge is -2.14. The number of anilines is 2. The van der Waals surface area contributed by atoms with Crippen molar-refractivity contribution in [1.82, 2.24) is 9.97 Å². The van der Waals surface area contributed by atoms with Crippen LogP contribution >= 0.6 is 22.6 Å². The van der Waals surface area contributed by atoms with E-state index in [4.69, 9.17) is 9.47 Å². The van der Waals surface area contributed by atoms with Crippen molar-refractivity contribution in [2.24, 2.45) is 5.10 Å². The standard InChI is InChI=1S/C21H20FIN6O4/c1-3-32-18-9-14(10-26-28-21-25-11-16(22)20(24-2)27-21)8-17(23)19(18)33-12-13-4-6-15(7-5-13)29(30)31/h4-11H,3,12H2,1-2H3,(H2,24,25,27,28)/b26-10+. The molecule has 2 N–H and O–H groups in total. The highest BCUT2D eigenvalue weighted by Crippen LogP contribution is 2.34. The van der Waals surface area contributed by atoms with Crippen LogP contribution < -0.4 is 20.2 Å². The molecule has 1 heterocycles. The zero-order valence-corrected chi connectivity index (χ0v) is 19.9. The molecule has 0 radical (unpaired) electrons. The predicted molar refractivity (Wildman–Crippen MR) is 131 cm³/mol. The fraction of sp³-hybridized carbons (Fsp3) is 0.190. The molecule has 12 heteroatoms. The Kier molecular flexibility index (Phi) is 8.29.